The van der Waals surface area contributed by atoms with Crippen molar-refractivity contribution in [1.82, 2.24) is 10.2 Å². The fraction of sp³-hybridized carbons (Fsp3) is 0.818. The van der Waals surface area contributed by atoms with Crippen molar-refractivity contribution < 1.29 is 9.84 Å². The molecule has 16 heavy (non-hydrogen) atoms. The van der Waals surface area contributed by atoms with E-state index in [1.54, 1.807) is 0 Å². The van der Waals surface area contributed by atoms with Gasteiger partial charge in [-0.2, -0.15) is 0 Å². The van der Waals surface area contributed by atoms with Crippen molar-refractivity contribution in [1.29, 1.82) is 0 Å². The number of aliphatic hydroxyl groups excluding tert-OH is 1. The highest BCUT2D eigenvalue weighted by atomic mass is 32.1. The molecule has 90 valence electrons. The van der Waals surface area contributed by atoms with Crippen LogP contribution in [0.25, 0.3) is 0 Å². The average molecular weight is 242 g/mol. The lowest BCUT2D eigenvalue weighted by Crippen LogP contribution is -2.28. The summed E-state index contributed by atoms with van der Waals surface area (Å²) in [6, 6.07) is 0. The summed E-state index contributed by atoms with van der Waals surface area (Å²) in [6.45, 7) is 4.55. The first-order chi connectivity index (χ1) is 7.59. The van der Waals surface area contributed by atoms with Crippen LogP contribution in [0, 0.1) is 5.41 Å². The standard InChI is InChI=1S/C11H18N2O2S/c1-11(2)5-3-8(4-6-11)15-10-13-12-9(7-14)16-10/h8,14H,3-7H2,1-2H3. The molecule has 0 bridgehead atoms. The quantitative estimate of drug-likeness (QED) is 0.884. The second-order valence-electron chi connectivity index (χ2n) is 5.10. The highest BCUT2D eigenvalue weighted by molar-refractivity contribution is 7.13. The highest BCUT2D eigenvalue weighted by Crippen LogP contribution is 2.36. The Balaban J connectivity index is 1.87. The van der Waals surface area contributed by atoms with E-state index in [0.29, 0.717) is 15.6 Å². The fourth-order valence-electron chi connectivity index (χ4n) is 1.98. The van der Waals surface area contributed by atoms with E-state index in [0.717, 1.165) is 12.8 Å². The number of ether oxygens (including phenoxy) is 1. The minimum Gasteiger partial charge on any atom is -0.466 e. The van der Waals surface area contributed by atoms with Gasteiger partial charge in [0, 0.05) is 0 Å². The topological polar surface area (TPSA) is 55.2 Å². The van der Waals surface area contributed by atoms with Gasteiger partial charge in [0.15, 0.2) is 0 Å². The van der Waals surface area contributed by atoms with E-state index < -0.39 is 0 Å². The molecule has 0 unspecified atom stereocenters. The molecule has 0 aliphatic heterocycles. The van der Waals surface area contributed by atoms with Gasteiger partial charge in [0.25, 0.3) is 5.19 Å². The van der Waals surface area contributed by atoms with Crippen molar-refractivity contribution in [3.8, 4) is 5.19 Å². The summed E-state index contributed by atoms with van der Waals surface area (Å²) in [5.41, 5.74) is 0.456. The molecule has 1 aromatic heterocycles. The SMILES string of the molecule is CC1(C)CCC(Oc2nnc(CO)s2)CC1. The van der Waals surface area contributed by atoms with E-state index in [4.69, 9.17) is 9.84 Å². The number of hydrogen-bond donors (Lipinski definition) is 1. The molecule has 0 saturated heterocycles. The van der Waals surface area contributed by atoms with Gasteiger partial charge in [-0.3, -0.25) is 0 Å². The maximum atomic E-state index is 8.88. The molecule has 1 N–H and O–H groups in total. The lowest BCUT2D eigenvalue weighted by Gasteiger charge is -2.33. The molecule has 1 aliphatic carbocycles. The molecule has 1 fully saturated rings. The van der Waals surface area contributed by atoms with Crippen LogP contribution in [0.1, 0.15) is 44.5 Å². The van der Waals surface area contributed by atoms with Crippen LogP contribution in [0.4, 0.5) is 0 Å². The third-order valence-corrected chi connectivity index (χ3v) is 3.94. The predicted molar refractivity (Wildman–Crippen MR) is 62.5 cm³/mol. The molecule has 1 aromatic rings. The zero-order valence-electron chi connectivity index (χ0n) is 9.77. The Hall–Kier alpha value is -0.680. The van der Waals surface area contributed by atoms with E-state index in [9.17, 15) is 0 Å². The zero-order chi connectivity index (χ0) is 11.6. The largest absolute Gasteiger partial charge is 0.466 e. The number of nitrogens with zero attached hydrogens (tertiary/aromatic N) is 2. The molecule has 1 saturated carbocycles. The Morgan fingerprint density at radius 1 is 1.38 bits per heavy atom. The first kappa shape index (κ1) is 11.8. The molecule has 1 aliphatic rings. The minimum atomic E-state index is -0.0568. The Labute approximate surface area is 99.7 Å². The minimum absolute atomic E-state index is 0.0568. The second-order valence-corrected chi connectivity index (χ2v) is 6.13. The number of aliphatic hydroxyl groups is 1. The normalized spacial score (nSPS) is 20.9. The predicted octanol–water partition coefficient (Wildman–Crippen LogP) is 2.38. The zero-order valence-corrected chi connectivity index (χ0v) is 10.6. The third kappa shape index (κ3) is 2.92. The average Bonchev–Trinajstić information content (AvgIpc) is 2.69. The highest BCUT2D eigenvalue weighted by Gasteiger charge is 2.28. The van der Waals surface area contributed by atoms with Gasteiger partial charge in [-0.05, 0) is 31.1 Å². The van der Waals surface area contributed by atoms with Crippen LogP contribution in [0.2, 0.25) is 0 Å². The summed E-state index contributed by atoms with van der Waals surface area (Å²) >= 11 is 1.33. The van der Waals surface area contributed by atoms with Crippen LogP contribution in [-0.2, 0) is 6.61 Å². The number of rotatable bonds is 3. The monoisotopic (exact) mass is 242 g/mol. The fourth-order valence-corrected chi connectivity index (χ4v) is 2.60. The molecule has 0 atom stereocenters. The molecule has 2 rings (SSSR count). The van der Waals surface area contributed by atoms with E-state index in [2.05, 4.69) is 24.0 Å². The van der Waals surface area contributed by atoms with E-state index in [-0.39, 0.29) is 12.7 Å². The maximum Gasteiger partial charge on any atom is 0.294 e. The number of hydrogen-bond acceptors (Lipinski definition) is 5. The van der Waals surface area contributed by atoms with Gasteiger partial charge in [-0.15, -0.1) is 5.10 Å². The molecule has 0 radical (unpaired) electrons. The van der Waals surface area contributed by atoms with Crippen LogP contribution in [0.15, 0.2) is 0 Å². The van der Waals surface area contributed by atoms with Crippen molar-refractivity contribution in [3.05, 3.63) is 5.01 Å². The van der Waals surface area contributed by atoms with Gasteiger partial charge in [0.1, 0.15) is 11.1 Å². The smallest absolute Gasteiger partial charge is 0.294 e. The second kappa shape index (κ2) is 4.67. The van der Waals surface area contributed by atoms with Crippen molar-refractivity contribution >= 4 is 11.3 Å². The first-order valence-corrected chi connectivity index (χ1v) is 6.51. The Kier molecular flexibility index (Phi) is 3.44. The van der Waals surface area contributed by atoms with E-state index in [1.165, 1.54) is 24.2 Å². The van der Waals surface area contributed by atoms with Gasteiger partial charge < -0.3 is 9.84 Å². The van der Waals surface area contributed by atoms with Gasteiger partial charge in [0.2, 0.25) is 0 Å². The van der Waals surface area contributed by atoms with Crippen molar-refractivity contribution in [2.24, 2.45) is 5.41 Å². The van der Waals surface area contributed by atoms with Gasteiger partial charge in [0.05, 0.1) is 6.61 Å². The maximum absolute atomic E-state index is 8.88. The summed E-state index contributed by atoms with van der Waals surface area (Å²) < 4.78 is 5.76. The lowest BCUT2D eigenvalue weighted by atomic mass is 9.76. The molecule has 0 aromatic carbocycles. The Morgan fingerprint density at radius 3 is 2.62 bits per heavy atom. The van der Waals surface area contributed by atoms with E-state index in [1.807, 2.05) is 0 Å². The van der Waals surface area contributed by atoms with Crippen LogP contribution in [0.3, 0.4) is 0 Å². The van der Waals surface area contributed by atoms with Gasteiger partial charge in [-0.25, -0.2) is 0 Å². The lowest BCUT2D eigenvalue weighted by molar-refractivity contribution is 0.0978. The van der Waals surface area contributed by atoms with E-state index >= 15 is 0 Å². The van der Waals surface area contributed by atoms with Crippen molar-refractivity contribution in [2.75, 3.05) is 0 Å². The Morgan fingerprint density at radius 2 is 2.06 bits per heavy atom. The number of aromatic nitrogens is 2. The molecular weight excluding hydrogens is 224 g/mol. The van der Waals surface area contributed by atoms with Crippen molar-refractivity contribution in [2.45, 2.75) is 52.2 Å². The first-order valence-electron chi connectivity index (χ1n) is 5.69. The summed E-state index contributed by atoms with van der Waals surface area (Å²) in [7, 11) is 0. The molecule has 1 heterocycles. The molecule has 0 spiro atoms. The molecule has 0 amide bonds. The summed E-state index contributed by atoms with van der Waals surface area (Å²) in [5, 5.41) is 17.8. The van der Waals surface area contributed by atoms with Crippen molar-refractivity contribution in [3.63, 3.8) is 0 Å². The molecule has 4 nitrogen and oxygen atoms in total. The summed E-state index contributed by atoms with van der Waals surface area (Å²) in [6.07, 6.45) is 4.84. The van der Waals surface area contributed by atoms with Gasteiger partial charge in [-0.1, -0.05) is 30.3 Å². The third-order valence-electron chi connectivity index (χ3n) is 3.14. The molecular formula is C11H18N2O2S. The Bertz CT molecular complexity index is 342. The summed E-state index contributed by atoms with van der Waals surface area (Å²) in [4.78, 5) is 0. The van der Waals surface area contributed by atoms with Gasteiger partial charge >= 0.3 is 0 Å². The van der Waals surface area contributed by atoms with Crippen LogP contribution in [0.5, 0.6) is 5.19 Å². The van der Waals surface area contributed by atoms with Crippen LogP contribution < -0.4 is 4.74 Å². The summed E-state index contributed by atoms with van der Waals surface area (Å²) in [5.74, 6) is 0. The van der Waals surface area contributed by atoms with Crippen LogP contribution in [-0.4, -0.2) is 21.4 Å². The molecule has 5 heteroatoms. The van der Waals surface area contributed by atoms with Crippen LogP contribution >= 0.6 is 11.3 Å².